The van der Waals surface area contributed by atoms with Crippen LogP contribution in [0.5, 0.6) is 5.75 Å². The van der Waals surface area contributed by atoms with Gasteiger partial charge in [0.2, 0.25) is 0 Å². The Morgan fingerprint density at radius 1 is 1.12 bits per heavy atom. The van der Waals surface area contributed by atoms with E-state index in [1.807, 2.05) is 25.1 Å². The highest BCUT2D eigenvalue weighted by atomic mass is 32.1. The van der Waals surface area contributed by atoms with Crippen molar-refractivity contribution in [2.45, 2.75) is 64.2 Å². The molecule has 2 aliphatic rings. The fourth-order valence-corrected chi connectivity index (χ4v) is 6.03. The molecule has 43 heavy (non-hydrogen) atoms. The van der Waals surface area contributed by atoms with Gasteiger partial charge in [-0.1, -0.05) is 19.1 Å². The Morgan fingerprint density at radius 3 is 2.33 bits per heavy atom. The zero-order valence-electron chi connectivity index (χ0n) is 25.5. The quantitative estimate of drug-likeness (QED) is 0.292. The number of rotatable bonds is 11. The molecule has 11 heteroatoms. The van der Waals surface area contributed by atoms with Crippen molar-refractivity contribution in [3.8, 4) is 11.8 Å². The van der Waals surface area contributed by atoms with E-state index in [1.54, 1.807) is 24.8 Å². The van der Waals surface area contributed by atoms with Crippen LogP contribution >= 0.6 is 12.2 Å². The second-order valence-corrected chi connectivity index (χ2v) is 12.3. The number of amides is 1. The molecule has 1 heterocycles. The van der Waals surface area contributed by atoms with Crippen molar-refractivity contribution in [3.05, 3.63) is 53.1 Å². The Hall–Kier alpha value is -3.20. The van der Waals surface area contributed by atoms with E-state index < -0.39 is 28.7 Å². The molecule has 0 radical (unpaired) electrons. The van der Waals surface area contributed by atoms with E-state index >= 15 is 0 Å². The number of nitrogens with zero attached hydrogens (tertiary/aromatic N) is 5. The second kappa shape index (κ2) is 12.8. The number of ether oxygens (including phenoxy) is 1. The highest BCUT2D eigenvalue weighted by molar-refractivity contribution is 7.79. The summed E-state index contributed by atoms with van der Waals surface area (Å²) in [6, 6.07) is 10.5. The average Bonchev–Trinajstić information content (AvgIpc) is 3.74. The number of hydrogen-bond donors (Lipinski definition) is 0. The van der Waals surface area contributed by atoms with Crippen LogP contribution in [0, 0.1) is 11.3 Å². The van der Waals surface area contributed by atoms with Gasteiger partial charge < -0.3 is 14.5 Å². The number of carbonyl (C=O) groups excluding carboxylic acids is 1. The molecule has 7 nitrogen and oxygen atoms in total. The molecule has 0 spiro atoms. The highest BCUT2D eigenvalue weighted by Crippen LogP contribution is 2.41. The molecule has 1 aliphatic heterocycles. The zero-order valence-corrected chi connectivity index (χ0v) is 26.3. The number of benzene rings is 2. The van der Waals surface area contributed by atoms with Crippen LogP contribution in [-0.2, 0) is 17.4 Å². The lowest BCUT2D eigenvalue weighted by molar-refractivity contribution is -0.137. The first-order chi connectivity index (χ1) is 20.2. The summed E-state index contributed by atoms with van der Waals surface area (Å²) in [5, 5.41) is 9.12. The van der Waals surface area contributed by atoms with Gasteiger partial charge in [-0.3, -0.25) is 14.6 Å². The monoisotopic (exact) mass is 615 g/mol. The van der Waals surface area contributed by atoms with Gasteiger partial charge in [0, 0.05) is 56.7 Å². The van der Waals surface area contributed by atoms with Crippen LogP contribution in [0.15, 0.2) is 36.4 Å². The maximum Gasteiger partial charge on any atom is 0.417 e. The van der Waals surface area contributed by atoms with Crippen LogP contribution in [0.25, 0.3) is 0 Å². The van der Waals surface area contributed by atoms with Crippen molar-refractivity contribution in [3.63, 3.8) is 0 Å². The topological polar surface area (TPSA) is 63.1 Å². The van der Waals surface area contributed by atoms with Crippen LogP contribution in [-0.4, -0.2) is 78.7 Å². The molecule has 1 saturated carbocycles. The largest absolute Gasteiger partial charge is 0.492 e. The van der Waals surface area contributed by atoms with E-state index in [0.29, 0.717) is 24.3 Å². The number of hydrogen-bond acceptors (Lipinski definition) is 6. The van der Waals surface area contributed by atoms with Crippen LogP contribution in [0.1, 0.15) is 57.2 Å². The lowest BCUT2D eigenvalue weighted by atomic mass is 9.98. The van der Waals surface area contributed by atoms with Crippen molar-refractivity contribution in [2.24, 2.45) is 0 Å². The Labute approximate surface area is 257 Å². The predicted octanol–water partition coefficient (Wildman–Crippen LogP) is 5.89. The van der Waals surface area contributed by atoms with Crippen molar-refractivity contribution in [1.29, 1.82) is 5.26 Å². The summed E-state index contributed by atoms with van der Waals surface area (Å²) in [7, 11) is 1.41. The number of alkyl halides is 3. The maximum absolute atomic E-state index is 13.7. The molecular weight excluding hydrogens is 575 g/mol. The lowest BCUT2D eigenvalue weighted by Gasteiger charge is -2.39. The van der Waals surface area contributed by atoms with Gasteiger partial charge in [0.1, 0.15) is 17.9 Å². The van der Waals surface area contributed by atoms with Gasteiger partial charge in [-0.2, -0.15) is 18.4 Å². The first-order valence-corrected chi connectivity index (χ1v) is 15.1. The van der Waals surface area contributed by atoms with Gasteiger partial charge >= 0.3 is 6.18 Å². The van der Waals surface area contributed by atoms with E-state index in [0.717, 1.165) is 61.1 Å². The Morgan fingerprint density at radius 2 is 1.77 bits per heavy atom. The Balaban J connectivity index is 1.44. The molecule has 0 bridgehead atoms. The molecule has 0 unspecified atom stereocenters. The average molecular weight is 616 g/mol. The summed E-state index contributed by atoms with van der Waals surface area (Å²) in [6.45, 7) is 13.4. The van der Waals surface area contributed by atoms with Gasteiger partial charge in [-0.05, 0) is 82.0 Å². The van der Waals surface area contributed by atoms with Crippen molar-refractivity contribution in [2.75, 3.05) is 56.2 Å². The van der Waals surface area contributed by atoms with Crippen molar-refractivity contribution < 1.29 is 22.7 Å². The number of thiocarbonyl (C=S) groups is 1. The second-order valence-electron chi connectivity index (χ2n) is 12.1. The molecular formula is C32H40F3N5O2S. The van der Waals surface area contributed by atoms with Gasteiger partial charge in [0.15, 0.2) is 0 Å². The third-order valence-electron chi connectivity index (χ3n) is 8.83. The minimum Gasteiger partial charge on any atom is -0.492 e. The molecule has 0 aromatic heterocycles. The number of likely N-dealkylation sites (N-methyl/N-ethyl adjacent to an activating group) is 1. The molecule has 2 aromatic carbocycles. The van der Waals surface area contributed by atoms with Crippen LogP contribution in [0.2, 0.25) is 0 Å². The summed E-state index contributed by atoms with van der Waals surface area (Å²) >= 11 is 5.32. The number of piperazine rings is 1. The Bertz CT molecular complexity index is 1380. The first kappa shape index (κ1) is 32.7. The highest BCUT2D eigenvalue weighted by Gasteiger charge is 2.44. The van der Waals surface area contributed by atoms with Crippen molar-refractivity contribution in [1.82, 2.24) is 9.80 Å². The van der Waals surface area contributed by atoms with E-state index in [2.05, 4.69) is 16.7 Å². The summed E-state index contributed by atoms with van der Waals surface area (Å²) in [4.78, 5) is 21.5. The molecule has 232 valence electrons. The number of anilines is 2. The molecule has 4 rings (SSSR count). The lowest BCUT2D eigenvalue weighted by Crippen LogP contribution is -2.55. The third kappa shape index (κ3) is 7.14. The molecule has 2 fully saturated rings. The molecule has 0 atom stereocenters. The molecule has 1 saturated heterocycles. The zero-order chi connectivity index (χ0) is 31.6. The van der Waals surface area contributed by atoms with Crippen LogP contribution < -0.4 is 14.5 Å². The standard InChI is InChI=1S/C32H40F3N5O2S/c1-6-23-19-26(9-10-28(23)42-18-17-38-13-15-39(16-14-38)31(4)11-12-31)40(22-43)30(2,3)29(41)37(5)25-8-7-24(21-36)27(20-25)32(33,34)35/h7-10,19-20,22H,6,11-18H2,1-5H3. The minimum absolute atomic E-state index is 0.0230. The fourth-order valence-electron chi connectivity index (χ4n) is 5.64. The number of halogens is 3. The summed E-state index contributed by atoms with van der Waals surface area (Å²) in [5.41, 5.74) is 0.626. The first-order valence-electron chi connectivity index (χ1n) is 14.6. The number of nitriles is 1. The van der Waals surface area contributed by atoms with E-state index in [9.17, 15) is 18.0 Å². The van der Waals surface area contributed by atoms with E-state index in [-0.39, 0.29) is 5.69 Å². The molecule has 1 aliphatic carbocycles. The summed E-state index contributed by atoms with van der Waals surface area (Å²) in [5.74, 6) is 0.304. The molecule has 0 N–H and O–H groups in total. The van der Waals surface area contributed by atoms with Gasteiger partial charge in [0.05, 0.1) is 22.7 Å². The van der Waals surface area contributed by atoms with Gasteiger partial charge in [-0.15, -0.1) is 0 Å². The molecule has 1 amide bonds. The Kier molecular flexibility index (Phi) is 9.74. The van der Waals surface area contributed by atoms with Gasteiger partial charge in [-0.25, -0.2) is 0 Å². The smallest absolute Gasteiger partial charge is 0.417 e. The predicted molar refractivity (Wildman–Crippen MR) is 167 cm³/mol. The SMILES string of the molecule is CCc1cc(N(C=S)C(C)(C)C(=O)N(C)c2ccc(C#N)c(C(F)(F)F)c2)ccc1OCCN1CCN(C2(C)CC2)CC1. The summed E-state index contributed by atoms with van der Waals surface area (Å²) < 4.78 is 46.9. The summed E-state index contributed by atoms with van der Waals surface area (Å²) in [6.07, 6.45) is -1.43. The number of aryl methyl sites for hydroxylation is 1. The minimum atomic E-state index is -4.73. The fraction of sp³-hybridized carbons (Fsp3) is 0.531. The van der Waals surface area contributed by atoms with Crippen molar-refractivity contribution >= 4 is 35.0 Å². The van der Waals surface area contributed by atoms with E-state index in [1.165, 1.54) is 31.4 Å². The van der Waals surface area contributed by atoms with Gasteiger partial charge in [0.25, 0.3) is 5.91 Å². The van der Waals surface area contributed by atoms with E-state index in [4.69, 9.17) is 22.2 Å². The van der Waals surface area contributed by atoms with Crippen LogP contribution in [0.3, 0.4) is 0 Å². The molecule has 2 aromatic rings. The van der Waals surface area contributed by atoms with Crippen LogP contribution in [0.4, 0.5) is 24.5 Å². The third-order valence-corrected chi connectivity index (χ3v) is 9.04. The maximum atomic E-state index is 13.7. The normalized spacial score (nSPS) is 17.2. The number of carbonyl (C=O) groups is 1.